The van der Waals surface area contributed by atoms with E-state index >= 15 is 0 Å². The van der Waals surface area contributed by atoms with Gasteiger partial charge in [0.25, 0.3) is 0 Å². The third kappa shape index (κ3) is 2.84. The molecule has 0 aromatic carbocycles. The second kappa shape index (κ2) is 4.58. The Morgan fingerprint density at radius 2 is 2.00 bits per heavy atom. The molecule has 0 spiro atoms. The summed E-state index contributed by atoms with van der Waals surface area (Å²) >= 11 is 0. The summed E-state index contributed by atoms with van der Waals surface area (Å²) in [6.45, 7) is 10.8. The van der Waals surface area contributed by atoms with Gasteiger partial charge in [-0.3, -0.25) is 5.32 Å². The van der Waals surface area contributed by atoms with Crippen LogP contribution in [0.25, 0.3) is 0 Å². The molecule has 3 nitrogen and oxygen atoms in total. The molecule has 2 unspecified atom stereocenters. The van der Waals surface area contributed by atoms with E-state index in [1.54, 1.807) is 0 Å². The first kappa shape index (κ1) is 13.2. The Balaban J connectivity index is 0.00000112. The van der Waals surface area contributed by atoms with Crippen molar-refractivity contribution in [3.63, 3.8) is 0 Å². The van der Waals surface area contributed by atoms with Gasteiger partial charge in [-0.1, -0.05) is 13.8 Å². The van der Waals surface area contributed by atoms with Crippen LogP contribution in [0.4, 0.5) is 0 Å². The van der Waals surface area contributed by atoms with Crippen molar-refractivity contribution in [2.24, 2.45) is 11.3 Å². The predicted molar refractivity (Wildman–Crippen MR) is 64.4 cm³/mol. The minimum Gasteiger partial charge on any atom is -0.360 e. The fraction of sp³-hybridized carbons (Fsp3) is 1.00. The number of hydrogen-bond acceptors (Lipinski definition) is 3. The Morgan fingerprint density at radius 1 is 1.27 bits per heavy atom. The maximum absolute atomic E-state index is 6.01. The molecular weight excluding hydrogens is 212 g/mol. The number of halogens is 1. The Hall–Kier alpha value is 0.170. The summed E-state index contributed by atoms with van der Waals surface area (Å²) in [5.74, 6) is 0.624. The van der Waals surface area contributed by atoms with Crippen molar-refractivity contribution in [3.8, 4) is 0 Å². The highest BCUT2D eigenvalue weighted by Crippen LogP contribution is 2.31. The smallest absolute Gasteiger partial charge is 0.120 e. The van der Waals surface area contributed by atoms with Crippen molar-refractivity contribution in [3.05, 3.63) is 0 Å². The molecule has 0 bridgehead atoms. The van der Waals surface area contributed by atoms with E-state index in [2.05, 4.69) is 31.4 Å². The van der Waals surface area contributed by atoms with E-state index < -0.39 is 0 Å². The Labute approximate surface area is 98.7 Å². The summed E-state index contributed by atoms with van der Waals surface area (Å²) in [7, 11) is 0. The minimum atomic E-state index is -0.0982. The quantitative estimate of drug-likeness (QED) is 0.719. The van der Waals surface area contributed by atoms with Crippen molar-refractivity contribution in [1.29, 1.82) is 0 Å². The van der Waals surface area contributed by atoms with Crippen LogP contribution in [0.3, 0.4) is 0 Å². The number of hydrogen-bond donors (Lipinski definition) is 2. The summed E-state index contributed by atoms with van der Waals surface area (Å²) in [5, 5.41) is 6.96. The maximum atomic E-state index is 6.01. The highest BCUT2D eigenvalue weighted by molar-refractivity contribution is 5.85. The molecule has 90 valence electrons. The van der Waals surface area contributed by atoms with Crippen LogP contribution in [0, 0.1) is 11.3 Å². The zero-order chi connectivity index (χ0) is 10.2. The van der Waals surface area contributed by atoms with E-state index in [1.807, 2.05) is 0 Å². The molecule has 0 radical (unpaired) electrons. The van der Waals surface area contributed by atoms with Crippen molar-refractivity contribution in [2.45, 2.75) is 32.9 Å². The molecule has 2 saturated heterocycles. The molecule has 2 aliphatic rings. The lowest BCUT2D eigenvalue weighted by Gasteiger charge is -2.45. The molecule has 15 heavy (non-hydrogen) atoms. The van der Waals surface area contributed by atoms with Crippen LogP contribution < -0.4 is 10.6 Å². The molecule has 0 saturated carbocycles. The lowest BCUT2D eigenvalue weighted by atomic mass is 9.88. The van der Waals surface area contributed by atoms with Gasteiger partial charge in [0.2, 0.25) is 0 Å². The van der Waals surface area contributed by atoms with Gasteiger partial charge in [-0.15, -0.1) is 12.4 Å². The molecule has 2 rings (SSSR count). The van der Waals surface area contributed by atoms with Gasteiger partial charge >= 0.3 is 0 Å². The van der Waals surface area contributed by atoms with Crippen molar-refractivity contribution in [2.75, 3.05) is 26.2 Å². The first-order valence-corrected chi connectivity index (χ1v) is 5.62. The molecule has 0 aromatic rings. The van der Waals surface area contributed by atoms with Gasteiger partial charge in [-0.05, 0) is 19.9 Å². The van der Waals surface area contributed by atoms with E-state index in [0.29, 0.717) is 5.92 Å². The average Bonchev–Trinajstić information content (AvgIpc) is 2.64. The highest BCUT2D eigenvalue weighted by Gasteiger charge is 2.42. The first-order valence-electron chi connectivity index (χ1n) is 5.62. The van der Waals surface area contributed by atoms with Crippen LogP contribution in [0.2, 0.25) is 0 Å². The normalized spacial score (nSPS) is 39.8. The Kier molecular flexibility index (Phi) is 4.04. The second-order valence-electron chi connectivity index (χ2n) is 5.60. The van der Waals surface area contributed by atoms with E-state index in [9.17, 15) is 0 Å². The van der Waals surface area contributed by atoms with Gasteiger partial charge in [0.05, 0.1) is 6.61 Å². The Bertz CT molecular complexity index is 205. The third-order valence-corrected chi connectivity index (χ3v) is 3.52. The van der Waals surface area contributed by atoms with Gasteiger partial charge < -0.3 is 10.1 Å². The SMILES string of the molecule is CC1(C)CNC(C)(C2CCNC2)OC1.Cl. The molecule has 2 fully saturated rings. The van der Waals surface area contributed by atoms with E-state index in [0.717, 1.165) is 26.2 Å². The molecule has 2 N–H and O–H groups in total. The predicted octanol–water partition coefficient (Wildman–Crippen LogP) is 1.38. The third-order valence-electron chi connectivity index (χ3n) is 3.52. The first-order chi connectivity index (χ1) is 6.52. The standard InChI is InChI=1S/C11H22N2O.ClH/c1-10(2)7-13-11(3,14-8-10)9-4-5-12-6-9;/h9,12-13H,4-8H2,1-3H3;1H. The monoisotopic (exact) mass is 234 g/mol. The lowest BCUT2D eigenvalue weighted by Crippen LogP contribution is -2.60. The summed E-state index contributed by atoms with van der Waals surface area (Å²) in [6, 6.07) is 0. The maximum Gasteiger partial charge on any atom is 0.120 e. The zero-order valence-corrected chi connectivity index (χ0v) is 10.7. The molecular formula is C11H23ClN2O. The summed E-state index contributed by atoms with van der Waals surface area (Å²) in [4.78, 5) is 0. The van der Waals surface area contributed by atoms with Gasteiger partial charge in [-0.25, -0.2) is 0 Å². The fourth-order valence-electron chi connectivity index (χ4n) is 2.25. The molecule has 0 aromatic heterocycles. The Morgan fingerprint density at radius 3 is 2.47 bits per heavy atom. The molecule has 0 amide bonds. The van der Waals surface area contributed by atoms with Crippen molar-refractivity contribution < 1.29 is 4.74 Å². The van der Waals surface area contributed by atoms with E-state index in [4.69, 9.17) is 4.74 Å². The minimum absolute atomic E-state index is 0. The van der Waals surface area contributed by atoms with Gasteiger partial charge in [0.15, 0.2) is 0 Å². The van der Waals surface area contributed by atoms with Crippen LogP contribution in [0.1, 0.15) is 27.2 Å². The van der Waals surface area contributed by atoms with Crippen LogP contribution in [-0.4, -0.2) is 32.0 Å². The van der Waals surface area contributed by atoms with E-state index in [-0.39, 0.29) is 23.5 Å². The number of rotatable bonds is 1. The highest BCUT2D eigenvalue weighted by atomic mass is 35.5. The summed E-state index contributed by atoms with van der Waals surface area (Å²) < 4.78 is 6.01. The molecule has 2 atom stereocenters. The lowest BCUT2D eigenvalue weighted by molar-refractivity contribution is -0.152. The molecule has 2 heterocycles. The number of nitrogens with one attached hydrogen (secondary N) is 2. The summed E-state index contributed by atoms with van der Waals surface area (Å²) in [6.07, 6.45) is 1.23. The van der Waals surface area contributed by atoms with Gasteiger partial charge in [-0.2, -0.15) is 0 Å². The average molecular weight is 235 g/mol. The van der Waals surface area contributed by atoms with Crippen LogP contribution >= 0.6 is 12.4 Å². The van der Waals surface area contributed by atoms with Gasteiger partial charge in [0.1, 0.15) is 5.72 Å². The summed E-state index contributed by atoms with van der Waals surface area (Å²) in [5.41, 5.74) is 0.185. The molecule has 4 heteroatoms. The number of ether oxygens (including phenoxy) is 1. The van der Waals surface area contributed by atoms with Crippen LogP contribution in [0.15, 0.2) is 0 Å². The zero-order valence-electron chi connectivity index (χ0n) is 9.93. The molecule has 0 aliphatic carbocycles. The fourth-order valence-corrected chi connectivity index (χ4v) is 2.25. The largest absolute Gasteiger partial charge is 0.360 e. The second-order valence-corrected chi connectivity index (χ2v) is 5.60. The van der Waals surface area contributed by atoms with Crippen LogP contribution in [0.5, 0.6) is 0 Å². The van der Waals surface area contributed by atoms with Crippen molar-refractivity contribution in [1.82, 2.24) is 10.6 Å². The molecule has 2 aliphatic heterocycles. The van der Waals surface area contributed by atoms with Gasteiger partial charge in [0, 0.05) is 24.4 Å². The van der Waals surface area contributed by atoms with E-state index in [1.165, 1.54) is 6.42 Å². The van der Waals surface area contributed by atoms with Crippen molar-refractivity contribution >= 4 is 12.4 Å². The topological polar surface area (TPSA) is 33.3 Å². The van der Waals surface area contributed by atoms with Crippen LogP contribution in [-0.2, 0) is 4.74 Å².